The zero-order valence-electron chi connectivity index (χ0n) is 18.9. The average Bonchev–Trinajstić information content (AvgIpc) is 3.59. The van der Waals surface area contributed by atoms with Crippen molar-refractivity contribution in [2.45, 2.75) is 56.8 Å². The Bertz CT molecular complexity index is 1180. The summed E-state index contributed by atoms with van der Waals surface area (Å²) in [4.78, 5) is 26.2. The van der Waals surface area contributed by atoms with Crippen LogP contribution in [0.1, 0.15) is 47.0 Å². The summed E-state index contributed by atoms with van der Waals surface area (Å²) in [6.07, 6.45) is 6.42. The number of primary amides is 1. The fourth-order valence-electron chi connectivity index (χ4n) is 4.53. The van der Waals surface area contributed by atoms with Crippen LogP contribution in [0.2, 0.25) is 0 Å². The smallest absolute Gasteiger partial charge is 0.251 e. The summed E-state index contributed by atoms with van der Waals surface area (Å²) in [5.41, 5.74) is 7.14. The van der Waals surface area contributed by atoms with Crippen LogP contribution in [-0.2, 0) is 28.9 Å². The highest BCUT2D eigenvalue weighted by Crippen LogP contribution is 2.39. The highest BCUT2D eigenvalue weighted by atomic mass is 32.2. The number of nitrogens with one attached hydrogen (secondary N) is 1. The van der Waals surface area contributed by atoms with E-state index in [1.165, 1.54) is 23.1 Å². The molecule has 2 atom stereocenters. The first kappa shape index (κ1) is 23.1. The molecule has 180 valence electrons. The number of hydrogen-bond acceptors (Lipinski definition) is 8. The normalized spacial score (nSPS) is 19.8. The molecule has 0 bridgehead atoms. The Labute approximate surface area is 205 Å². The molecule has 9 nitrogen and oxygen atoms in total. The van der Waals surface area contributed by atoms with E-state index in [-0.39, 0.29) is 17.8 Å². The maximum absolute atomic E-state index is 12.9. The molecule has 2 unspecified atom stereocenters. The number of carbonyl (C=O) groups excluding carboxylic acids is 2. The number of ether oxygens (including phenoxy) is 1. The molecule has 4 heterocycles. The monoisotopic (exact) mass is 501 g/mol. The standard InChI is InChI=1S/C23H27N5O4S2/c1-13-6-7-15-17(10-13)34-22(19(15)20(24)30)25-18(29)12-33-23-27-26-21(16-5-3-9-32-16)28(23)11-14-4-2-8-31-14/h3,5,9,13-14H,2,4,6-8,10-12H2,1H3,(H2,24,30)(H,25,29). The van der Waals surface area contributed by atoms with Crippen LogP contribution in [-0.4, -0.2) is 45.0 Å². The molecule has 2 aliphatic rings. The fourth-order valence-corrected chi connectivity index (χ4v) is 6.71. The molecular weight excluding hydrogens is 474 g/mol. The number of aromatic nitrogens is 3. The van der Waals surface area contributed by atoms with E-state index in [0.717, 1.165) is 49.2 Å². The van der Waals surface area contributed by atoms with Crippen LogP contribution in [0.4, 0.5) is 5.00 Å². The Morgan fingerprint density at radius 3 is 2.97 bits per heavy atom. The minimum absolute atomic E-state index is 0.0795. The van der Waals surface area contributed by atoms with E-state index in [1.54, 1.807) is 12.3 Å². The summed E-state index contributed by atoms with van der Waals surface area (Å²) in [5.74, 6) is 1.20. The first-order valence-electron chi connectivity index (χ1n) is 11.4. The van der Waals surface area contributed by atoms with Crippen LogP contribution >= 0.6 is 23.1 Å². The molecule has 1 fully saturated rings. The molecule has 0 radical (unpaired) electrons. The molecule has 0 saturated carbocycles. The summed E-state index contributed by atoms with van der Waals surface area (Å²) in [6.45, 7) is 3.54. The van der Waals surface area contributed by atoms with Crippen LogP contribution in [0.3, 0.4) is 0 Å². The van der Waals surface area contributed by atoms with Gasteiger partial charge >= 0.3 is 0 Å². The molecule has 5 rings (SSSR count). The molecule has 34 heavy (non-hydrogen) atoms. The van der Waals surface area contributed by atoms with E-state index in [4.69, 9.17) is 14.9 Å². The summed E-state index contributed by atoms with van der Waals surface area (Å²) in [5, 5.41) is 12.7. The Morgan fingerprint density at radius 2 is 2.24 bits per heavy atom. The lowest BCUT2D eigenvalue weighted by Crippen LogP contribution is -2.20. The van der Waals surface area contributed by atoms with Gasteiger partial charge < -0.3 is 20.2 Å². The minimum Gasteiger partial charge on any atom is -0.461 e. The van der Waals surface area contributed by atoms with Crippen molar-refractivity contribution in [1.82, 2.24) is 14.8 Å². The van der Waals surface area contributed by atoms with Gasteiger partial charge in [-0.15, -0.1) is 21.5 Å². The predicted octanol–water partition coefficient (Wildman–Crippen LogP) is 3.73. The quantitative estimate of drug-likeness (QED) is 0.451. The zero-order valence-corrected chi connectivity index (χ0v) is 20.5. The van der Waals surface area contributed by atoms with E-state index in [1.807, 2.05) is 10.6 Å². The van der Waals surface area contributed by atoms with Crippen LogP contribution in [0.5, 0.6) is 0 Å². The van der Waals surface area contributed by atoms with E-state index in [9.17, 15) is 9.59 Å². The summed E-state index contributed by atoms with van der Waals surface area (Å²) >= 11 is 2.76. The van der Waals surface area contributed by atoms with E-state index >= 15 is 0 Å². The van der Waals surface area contributed by atoms with Gasteiger partial charge in [0.25, 0.3) is 5.91 Å². The second-order valence-electron chi connectivity index (χ2n) is 8.79. The summed E-state index contributed by atoms with van der Waals surface area (Å²) in [6, 6.07) is 3.64. The van der Waals surface area contributed by atoms with Gasteiger partial charge in [-0.25, -0.2) is 0 Å². The van der Waals surface area contributed by atoms with Crippen molar-refractivity contribution in [2.24, 2.45) is 11.7 Å². The topological polar surface area (TPSA) is 125 Å². The number of carbonyl (C=O) groups is 2. The lowest BCUT2D eigenvalue weighted by molar-refractivity contribution is -0.113. The van der Waals surface area contributed by atoms with E-state index in [0.29, 0.717) is 39.8 Å². The third kappa shape index (κ3) is 4.77. The predicted molar refractivity (Wildman–Crippen MR) is 130 cm³/mol. The van der Waals surface area contributed by atoms with Gasteiger partial charge in [0.15, 0.2) is 10.9 Å². The highest BCUT2D eigenvalue weighted by Gasteiger charge is 2.28. The molecule has 2 amide bonds. The molecule has 1 saturated heterocycles. The van der Waals surface area contributed by atoms with Crippen molar-refractivity contribution >= 4 is 39.9 Å². The van der Waals surface area contributed by atoms with Crippen LogP contribution < -0.4 is 11.1 Å². The Kier molecular flexibility index (Phi) is 6.75. The molecule has 1 aliphatic heterocycles. The number of hydrogen-bond donors (Lipinski definition) is 2. The van der Waals surface area contributed by atoms with E-state index < -0.39 is 5.91 Å². The maximum Gasteiger partial charge on any atom is 0.251 e. The van der Waals surface area contributed by atoms with Gasteiger partial charge in [0.05, 0.1) is 30.2 Å². The van der Waals surface area contributed by atoms with Gasteiger partial charge in [-0.2, -0.15) is 0 Å². The largest absolute Gasteiger partial charge is 0.461 e. The SMILES string of the molecule is CC1CCc2c(sc(NC(=O)CSc3nnc(-c4ccco4)n3CC3CCCO3)c2C(N)=O)C1. The number of rotatable bonds is 8. The number of nitrogens with zero attached hydrogens (tertiary/aromatic N) is 3. The number of amides is 2. The van der Waals surface area contributed by atoms with Gasteiger partial charge in [0, 0.05) is 11.5 Å². The van der Waals surface area contributed by atoms with Crippen molar-refractivity contribution in [3.63, 3.8) is 0 Å². The Hall–Kier alpha value is -2.63. The van der Waals surface area contributed by atoms with E-state index in [2.05, 4.69) is 22.4 Å². The van der Waals surface area contributed by atoms with Gasteiger partial charge in [0.1, 0.15) is 5.00 Å². The van der Waals surface area contributed by atoms with Crippen LogP contribution in [0, 0.1) is 5.92 Å². The van der Waals surface area contributed by atoms with Crippen molar-refractivity contribution < 1.29 is 18.7 Å². The lowest BCUT2D eigenvalue weighted by Gasteiger charge is -2.18. The maximum atomic E-state index is 12.9. The highest BCUT2D eigenvalue weighted by molar-refractivity contribution is 7.99. The van der Waals surface area contributed by atoms with Crippen LogP contribution in [0.15, 0.2) is 28.0 Å². The molecule has 1 aliphatic carbocycles. The van der Waals surface area contributed by atoms with Gasteiger partial charge in [-0.05, 0) is 55.7 Å². The van der Waals surface area contributed by atoms with Gasteiger partial charge in [-0.1, -0.05) is 18.7 Å². The molecule has 3 aromatic heterocycles. The average molecular weight is 502 g/mol. The second kappa shape index (κ2) is 9.93. The molecule has 0 aromatic carbocycles. The van der Waals surface area contributed by atoms with Gasteiger partial charge in [0.2, 0.25) is 11.7 Å². The number of anilines is 1. The fraction of sp³-hybridized carbons (Fsp3) is 0.478. The third-order valence-electron chi connectivity index (χ3n) is 6.21. The number of furan rings is 1. The molecule has 0 spiro atoms. The first-order chi connectivity index (χ1) is 16.5. The number of nitrogens with two attached hydrogens (primary N) is 1. The van der Waals surface area contributed by atoms with Crippen molar-refractivity contribution in [3.8, 4) is 11.6 Å². The Balaban J connectivity index is 1.31. The second-order valence-corrected chi connectivity index (χ2v) is 10.8. The Morgan fingerprint density at radius 1 is 1.35 bits per heavy atom. The minimum atomic E-state index is -0.491. The van der Waals surface area contributed by atoms with Gasteiger partial charge in [-0.3, -0.25) is 14.2 Å². The summed E-state index contributed by atoms with van der Waals surface area (Å²) in [7, 11) is 0. The van der Waals surface area contributed by atoms with Crippen molar-refractivity contribution in [2.75, 3.05) is 17.7 Å². The van der Waals surface area contributed by atoms with Crippen LogP contribution in [0.25, 0.3) is 11.6 Å². The van der Waals surface area contributed by atoms with Crippen molar-refractivity contribution in [3.05, 3.63) is 34.4 Å². The first-order valence-corrected chi connectivity index (χ1v) is 13.3. The number of thioether (sulfide) groups is 1. The van der Waals surface area contributed by atoms with Crippen molar-refractivity contribution in [1.29, 1.82) is 0 Å². The molecule has 3 N–H and O–H groups in total. The number of thiophene rings is 1. The third-order valence-corrected chi connectivity index (χ3v) is 8.35. The lowest BCUT2D eigenvalue weighted by atomic mass is 9.88. The molecular formula is C23H27N5O4S2. The zero-order chi connectivity index (χ0) is 23.7. The molecule has 3 aromatic rings. The molecule has 11 heteroatoms. The summed E-state index contributed by atoms with van der Waals surface area (Å²) < 4.78 is 13.3. The number of fused-ring (bicyclic) bond motifs is 1.